The molecule has 1 aromatic heterocycles. The Morgan fingerprint density at radius 2 is 1.97 bits per heavy atom. The van der Waals surface area contributed by atoms with Crippen molar-refractivity contribution >= 4 is 45.9 Å². The molecule has 0 spiro atoms. The molecule has 0 bridgehead atoms. The molecule has 0 saturated heterocycles. The first-order valence-corrected chi connectivity index (χ1v) is 10.5. The number of carbonyl (C=O) groups excluding carboxylic acids is 3. The van der Waals surface area contributed by atoms with Gasteiger partial charge in [-0.25, -0.2) is 14.0 Å². The van der Waals surface area contributed by atoms with Gasteiger partial charge in [-0.15, -0.1) is 11.3 Å². The van der Waals surface area contributed by atoms with E-state index < -0.39 is 23.8 Å². The van der Waals surface area contributed by atoms with E-state index >= 15 is 0 Å². The summed E-state index contributed by atoms with van der Waals surface area (Å²) in [5.41, 5.74) is 1.08. The van der Waals surface area contributed by atoms with E-state index in [1.165, 1.54) is 17.4 Å². The Bertz CT molecular complexity index is 994. The number of thiophene rings is 1. The molecular formula is C20H20ClFN2O5S. The monoisotopic (exact) mass is 454 g/mol. The number of esters is 1. The van der Waals surface area contributed by atoms with Gasteiger partial charge in [-0.1, -0.05) is 11.6 Å². The van der Waals surface area contributed by atoms with Crippen LogP contribution in [0.3, 0.4) is 0 Å². The van der Waals surface area contributed by atoms with Crippen LogP contribution < -0.4 is 5.32 Å². The fraction of sp³-hybridized carbons (Fsp3) is 0.350. The molecule has 2 amide bonds. The molecule has 2 aromatic rings. The molecule has 7 nitrogen and oxygen atoms in total. The molecule has 1 aliphatic rings. The molecular weight excluding hydrogens is 435 g/mol. The van der Waals surface area contributed by atoms with E-state index in [4.69, 9.17) is 21.1 Å². The number of ether oxygens (including phenoxy) is 2. The van der Waals surface area contributed by atoms with E-state index in [1.54, 1.807) is 18.7 Å². The minimum atomic E-state index is -0.577. The van der Waals surface area contributed by atoms with Crippen LogP contribution >= 0.6 is 22.9 Å². The summed E-state index contributed by atoms with van der Waals surface area (Å²) in [7, 11) is 0. The SMILES string of the molecule is CCOC(=O)c1c(NC(=O)c2ccc(F)cc2Cl)sc2c1CCN(C(=O)OCC)C2. The Morgan fingerprint density at radius 1 is 1.23 bits per heavy atom. The molecule has 1 N–H and O–H groups in total. The Labute approximate surface area is 181 Å². The number of hydrogen-bond donors (Lipinski definition) is 1. The quantitative estimate of drug-likeness (QED) is 0.673. The number of fused-ring (bicyclic) bond motifs is 1. The molecule has 0 saturated carbocycles. The minimum absolute atomic E-state index is 0.0417. The van der Waals surface area contributed by atoms with Crippen LogP contribution in [0.15, 0.2) is 18.2 Å². The second kappa shape index (κ2) is 9.44. The van der Waals surface area contributed by atoms with Gasteiger partial charge in [-0.2, -0.15) is 0 Å². The van der Waals surface area contributed by atoms with Gasteiger partial charge >= 0.3 is 12.1 Å². The number of nitrogens with one attached hydrogen (secondary N) is 1. The third-order valence-corrected chi connectivity index (χ3v) is 5.91. The summed E-state index contributed by atoms with van der Waals surface area (Å²) >= 11 is 7.17. The van der Waals surface area contributed by atoms with Crippen molar-refractivity contribution in [2.45, 2.75) is 26.8 Å². The smallest absolute Gasteiger partial charge is 0.410 e. The molecule has 2 heterocycles. The van der Waals surface area contributed by atoms with Gasteiger partial charge < -0.3 is 19.7 Å². The number of halogens is 2. The topological polar surface area (TPSA) is 84.9 Å². The van der Waals surface area contributed by atoms with Crippen molar-refractivity contribution in [1.82, 2.24) is 4.90 Å². The summed E-state index contributed by atoms with van der Waals surface area (Å²) in [5, 5.41) is 2.95. The maximum atomic E-state index is 13.3. The zero-order valence-corrected chi connectivity index (χ0v) is 18.0. The summed E-state index contributed by atoms with van der Waals surface area (Å²) in [6.07, 6.45) is -0.00990. The summed E-state index contributed by atoms with van der Waals surface area (Å²) in [5.74, 6) is -1.69. The molecule has 0 atom stereocenters. The molecule has 0 aliphatic carbocycles. The zero-order chi connectivity index (χ0) is 21.8. The maximum absolute atomic E-state index is 13.3. The van der Waals surface area contributed by atoms with Crippen LogP contribution in [-0.2, 0) is 22.4 Å². The first-order valence-electron chi connectivity index (χ1n) is 9.35. The van der Waals surface area contributed by atoms with Crippen LogP contribution in [0, 0.1) is 5.82 Å². The molecule has 0 unspecified atom stereocenters. The third-order valence-electron chi connectivity index (χ3n) is 4.47. The number of benzene rings is 1. The van der Waals surface area contributed by atoms with E-state index in [1.807, 2.05) is 0 Å². The van der Waals surface area contributed by atoms with Gasteiger partial charge in [0.2, 0.25) is 0 Å². The van der Waals surface area contributed by atoms with E-state index in [0.717, 1.165) is 22.6 Å². The molecule has 30 heavy (non-hydrogen) atoms. The Hall–Kier alpha value is -2.65. The number of nitrogens with zero attached hydrogens (tertiary/aromatic N) is 1. The Morgan fingerprint density at radius 3 is 2.63 bits per heavy atom. The van der Waals surface area contributed by atoms with Gasteiger partial charge in [0.25, 0.3) is 5.91 Å². The number of amides is 2. The van der Waals surface area contributed by atoms with Gasteiger partial charge in [0.15, 0.2) is 0 Å². The molecule has 0 radical (unpaired) electrons. The lowest BCUT2D eigenvalue weighted by molar-refractivity contribution is 0.0526. The van der Waals surface area contributed by atoms with Crippen molar-refractivity contribution in [2.24, 2.45) is 0 Å². The van der Waals surface area contributed by atoms with Crippen molar-refractivity contribution in [2.75, 3.05) is 25.1 Å². The first-order chi connectivity index (χ1) is 14.3. The second-order valence-corrected chi connectivity index (χ2v) is 7.89. The van der Waals surface area contributed by atoms with Crippen molar-refractivity contribution in [3.8, 4) is 0 Å². The highest BCUT2D eigenvalue weighted by molar-refractivity contribution is 7.17. The lowest BCUT2D eigenvalue weighted by Crippen LogP contribution is -2.36. The van der Waals surface area contributed by atoms with Gasteiger partial charge in [-0.05, 0) is 44.0 Å². The summed E-state index contributed by atoms with van der Waals surface area (Å²) in [4.78, 5) is 39.7. The molecule has 1 aliphatic heterocycles. The van der Waals surface area contributed by atoms with Gasteiger partial charge in [0, 0.05) is 11.4 Å². The van der Waals surface area contributed by atoms with E-state index in [9.17, 15) is 18.8 Å². The summed E-state index contributed by atoms with van der Waals surface area (Å²) < 4.78 is 23.5. The minimum Gasteiger partial charge on any atom is -0.462 e. The molecule has 0 fully saturated rings. The van der Waals surface area contributed by atoms with Crippen molar-refractivity contribution in [1.29, 1.82) is 0 Å². The largest absolute Gasteiger partial charge is 0.462 e. The standard InChI is InChI=1S/C20H20ClFN2O5S/c1-3-28-19(26)16-13-7-8-24(20(27)29-4-2)10-15(13)30-18(16)23-17(25)12-6-5-11(22)9-14(12)21/h5-6,9H,3-4,7-8,10H2,1-2H3,(H,23,25). The van der Waals surface area contributed by atoms with E-state index in [0.29, 0.717) is 18.0 Å². The van der Waals surface area contributed by atoms with Crippen molar-refractivity contribution < 1.29 is 28.2 Å². The highest BCUT2D eigenvalue weighted by Gasteiger charge is 2.31. The van der Waals surface area contributed by atoms with Crippen LogP contribution in [0.4, 0.5) is 14.2 Å². The molecule has 10 heteroatoms. The van der Waals surface area contributed by atoms with Crippen LogP contribution in [0.1, 0.15) is 45.0 Å². The van der Waals surface area contributed by atoms with Crippen LogP contribution in [0.5, 0.6) is 0 Å². The number of carbonyl (C=O) groups is 3. The summed E-state index contributed by atoms with van der Waals surface area (Å²) in [6.45, 7) is 4.50. The van der Waals surface area contributed by atoms with Crippen LogP contribution in [0.25, 0.3) is 0 Å². The lowest BCUT2D eigenvalue weighted by atomic mass is 10.0. The normalized spacial score (nSPS) is 12.9. The number of rotatable bonds is 5. The number of anilines is 1. The highest BCUT2D eigenvalue weighted by Crippen LogP contribution is 2.38. The second-order valence-electron chi connectivity index (χ2n) is 6.38. The first kappa shape index (κ1) is 22.0. The van der Waals surface area contributed by atoms with Gasteiger partial charge in [-0.3, -0.25) is 4.79 Å². The van der Waals surface area contributed by atoms with Crippen molar-refractivity contribution in [3.05, 3.63) is 50.6 Å². The lowest BCUT2D eigenvalue weighted by Gasteiger charge is -2.26. The number of hydrogen-bond acceptors (Lipinski definition) is 6. The highest BCUT2D eigenvalue weighted by atomic mass is 35.5. The average Bonchev–Trinajstić information content (AvgIpc) is 3.05. The average molecular weight is 455 g/mol. The predicted molar refractivity (Wildman–Crippen MR) is 111 cm³/mol. The van der Waals surface area contributed by atoms with Gasteiger partial charge in [0.05, 0.1) is 35.9 Å². The third kappa shape index (κ3) is 4.57. The fourth-order valence-corrected chi connectivity index (χ4v) is 4.62. The fourth-order valence-electron chi connectivity index (χ4n) is 3.13. The van der Waals surface area contributed by atoms with Crippen LogP contribution in [-0.4, -0.2) is 42.6 Å². The van der Waals surface area contributed by atoms with Crippen molar-refractivity contribution in [3.63, 3.8) is 0 Å². The molecule has 160 valence electrons. The van der Waals surface area contributed by atoms with E-state index in [-0.39, 0.29) is 35.9 Å². The zero-order valence-electron chi connectivity index (χ0n) is 16.4. The van der Waals surface area contributed by atoms with Gasteiger partial charge in [0.1, 0.15) is 10.8 Å². The predicted octanol–water partition coefficient (Wildman–Crippen LogP) is 4.48. The molecule has 3 rings (SSSR count). The molecule has 1 aromatic carbocycles. The van der Waals surface area contributed by atoms with Crippen LogP contribution in [0.2, 0.25) is 5.02 Å². The Balaban J connectivity index is 1.93. The van der Waals surface area contributed by atoms with E-state index in [2.05, 4.69) is 5.32 Å². The Kier molecular flexibility index (Phi) is 6.94. The summed E-state index contributed by atoms with van der Waals surface area (Å²) in [6, 6.07) is 3.44. The maximum Gasteiger partial charge on any atom is 0.410 e.